The Balaban J connectivity index is 1.53. The van der Waals surface area contributed by atoms with Gasteiger partial charge in [0.15, 0.2) is 17.8 Å². The lowest BCUT2D eigenvalue weighted by Gasteiger charge is -2.18. The van der Waals surface area contributed by atoms with Crippen LogP contribution in [0.3, 0.4) is 0 Å². The molecule has 0 saturated carbocycles. The van der Waals surface area contributed by atoms with E-state index in [2.05, 4.69) is 11.1 Å². The standard InChI is InChI=1S/C21H27NO5/c1-23-18-12-16(13-19(24-2)21(18)25-3)17-8-9-20(27-17)26-11-5-7-15-6-4-10-22-14-15/h4,6,10,12-14,17,20H,5,7-9,11H2,1-3H3/t17-,20-/m0/s1. The Morgan fingerprint density at radius 1 is 1.07 bits per heavy atom. The molecule has 1 aliphatic rings. The predicted molar refractivity (Wildman–Crippen MR) is 101 cm³/mol. The number of hydrogen-bond donors (Lipinski definition) is 0. The number of aromatic nitrogens is 1. The van der Waals surface area contributed by atoms with Crippen molar-refractivity contribution in [2.24, 2.45) is 0 Å². The van der Waals surface area contributed by atoms with E-state index in [1.165, 1.54) is 5.56 Å². The van der Waals surface area contributed by atoms with Crippen LogP contribution in [0, 0.1) is 0 Å². The first-order valence-corrected chi connectivity index (χ1v) is 9.21. The number of rotatable bonds is 9. The van der Waals surface area contributed by atoms with Crippen LogP contribution in [0.5, 0.6) is 17.2 Å². The third kappa shape index (κ3) is 4.90. The zero-order valence-corrected chi connectivity index (χ0v) is 16.1. The molecule has 0 amide bonds. The second-order valence-corrected chi connectivity index (χ2v) is 6.43. The molecule has 6 heteroatoms. The minimum absolute atomic E-state index is 0.0398. The Labute approximate surface area is 160 Å². The highest BCUT2D eigenvalue weighted by Gasteiger charge is 2.29. The first kappa shape index (κ1) is 19.5. The smallest absolute Gasteiger partial charge is 0.203 e. The van der Waals surface area contributed by atoms with Crippen molar-refractivity contribution >= 4 is 0 Å². The summed E-state index contributed by atoms with van der Waals surface area (Å²) in [6, 6.07) is 7.92. The first-order valence-electron chi connectivity index (χ1n) is 9.21. The molecule has 2 heterocycles. The topological polar surface area (TPSA) is 59.0 Å². The van der Waals surface area contributed by atoms with Gasteiger partial charge in [0.25, 0.3) is 0 Å². The normalized spacial score (nSPS) is 19.1. The zero-order chi connectivity index (χ0) is 19.1. The molecule has 0 aliphatic carbocycles. The van der Waals surface area contributed by atoms with Crippen LogP contribution >= 0.6 is 0 Å². The van der Waals surface area contributed by atoms with Crippen molar-refractivity contribution in [2.45, 2.75) is 38.1 Å². The fourth-order valence-corrected chi connectivity index (χ4v) is 3.30. The molecule has 1 aromatic heterocycles. The van der Waals surface area contributed by atoms with Crippen molar-refractivity contribution in [3.63, 3.8) is 0 Å². The van der Waals surface area contributed by atoms with Crippen LogP contribution in [0.25, 0.3) is 0 Å². The van der Waals surface area contributed by atoms with Crippen LogP contribution in [0.2, 0.25) is 0 Å². The second-order valence-electron chi connectivity index (χ2n) is 6.43. The molecule has 0 spiro atoms. The fourth-order valence-electron chi connectivity index (χ4n) is 3.30. The van der Waals surface area contributed by atoms with Gasteiger partial charge in [-0.2, -0.15) is 0 Å². The SMILES string of the molecule is COc1cc([C@@H]2CC[C@@H](OCCCc3cccnc3)O2)cc(OC)c1OC. The number of nitrogens with zero attached hydrogens (tertiary/aromatic N) is 1. The summed E-state index contributed by atoms with van der Waals surface area (Å²) in [5.41, 5.74) is 2.23. The quantitative estimate of drug-likeness (QED) is 0.621. The van der Waals surface area contributed by atoms with E-state index in [4.69, 9.17) is 23.7 Å². The Hall–Kier alpha value is -2.31. The molecule has 0 N–H and O–H groups in total. The highest BCUT2D eigenvalue weighted by molar-refractivity contribution is 5.54. The van der Waals surface area contributed by atoms with Gasteiger partial charge in [-0.3, -0.25) is 4.98 Å². The summed E-state index contributed by atoms with van der Waals surface area (Å²) in [4.78, 5) is 4.13. The van der Waals surface area contributed by atoms with Gasteiger partial charge in [-0.15, -0.1) is 0 Å². The number of benzene rings is 1. The van der Waals surface area contributed by atoms with E-state index in [0.717, 1.165) is 31.2 Å². The van der Waals surface area contributed by atoms with Crippen LogP contribution in [-0.4, -0.2) is 39.2 Å². The third-order valence-electron chi connectivity index (χ3n) is 4.68. The fraction of sp³-hybridized carbons (Fsp3) is 0.476. The van der Waals surface area contributed by atoms with Gasteiger partial charge in [0.1, 0.15) is 0 Å². The van der Waals surface area contributed by atoms with Gasteiger partial charge in [-0.25, -0.2) is 0 Å². The molecule has 1 aliphatic heterocycles. The van der Waals surface area contributed by atoms with E-state index in [9.17, 15) is 0 Å². The van der Waals surface area contributed by atoms with Gasteiger partial charge in [0.2, 0.25) is 5.75 Å². The first-order chi connectivity index (χ1) is 13.2. The van der Waals surface area contributed by atoms with E-state index in [1.54, 1.807) is 27.5 Å². The number of methoxy groups -OCH3 is 3. The Morgan fingerprint density at radius 2 is 1.85 bits per heavy atom. The Morgan fingerprint density at radius 3 is 2.48 bits per heavy atom. The molecular weight excluding hydrogens is 346 g/mol. The van der Waals surface area contributed by atoms with E-state index >= 15 is 0 Å². The van der Waals surface area contributed by atoms with Crippen LogP contribution < -0.4 is 14.2 Å². The summed E-state index contributed by atoms with van der Waals surface area (Å²) in [6.07, 6.45) is 7.13. The third-order valence-corrected chi connectivity index (χ3v) is 4.68. The largest absolute Gasteiger partial charge is 0.493 e. The minimum atomic E-state index is -0.178. The Kier molecular flexibility index (Phi) is 6.90. The maximum atomic E-state index is 6.09. The van der Waals surface area contributed by atoms with Crippen molar-refractivity contribution in [1.82, 2.24) is 4.98 Å². The monoisotopic (exact) mass is 373 g/mol. The van der Waals surface area contributed by atoms with Crippen LogP contribution in [0.4, 0.5) is 0 Å². The number of pyridine rings is 1. The highest BCUT2D eigenvalue weighted by Crippen LogP contribution is 2.43. The maximum Gasteiger partial charge on any atom is 0.203 e. The van der Waals surface area contributed by atoms with Crippen molar-refractivity contribution in [3.05, 3.63) is 47.8 Å². The van der Waals surface area contributed by atoms with Crippen LogP contribution in [-0.2, 0) is 15.9 Å². The van der Waals surface area contributed by atoms with Crippen molar-refractivity contribution in [1.29, 1.82) is 0 Å². The molecule has 0 unspecified atom stereocenters. The number of hydrogen-bond acceptors (Lipinski definition) is 6. The number of aryl methyl sites for hydroxylation is 1. The van der Waals surface area contributed by atoms with Crippen molar-refractivity contribution in [3.8, 4) is 17.2 Å². The molecule has 3 rings (SSSR count). The van der Waals surface area contributed by atoms with E-state index in [1.807, 2.05) is 24.4 Å². The summed E-state index contributed by atoms with van der Waals surface area (Å²) in [5.74, 6) is 1.86. The predicted octanol–water partition coefficient (Wildman–Crippen LogP) is 3.93. The zero-order valence-electron chi connectivity index (χ0n) is 16.1. The molecule has 1 saturated heterocycles. The number of ether oxygens (including phenoxy) is 5. The lowest BCUT2D eigenvalue weighted by Crippen LogP contribution is -2.13. The summed E-state index contributed by atoms with van der Waals surface area (Å²) < 4.78 is 28.2. The molecule has 27 heavy (non-hydrogen) atoms. The van der Waals surface area contributed by atoms with Gasteiger partial charge in [0, 0.05) is 18.8 Å². The van der Waals surface area contributed by atoms with Gasteiger partial charge < -0.3 is 23.7 Å². The summed E-state index contributed by atoms with van der Waals surface area (Å²) in [6.45, 7) is 0.668. The maximum absolute atomic E-state index is 6.09. The van der Waals surface area contributed by atoms with Crippen LogP contribution in [0.1, 0.15) is 36.5 Å². The minimum Gasteiger partial charge on any atom is -0.493 e. The lowest BCUT2D eigenvalue weighted by molar-refractivity contribution is -0.135. The molecule has 0 radical (unpaired) electrons. The van der Waals surface area contributed by atoms with E-state index < -0.39 is 0 Å². The molecule has 2 aromatic rings. The molecule has 1 fully saturated rings. The van der Waals surface area contributed by atoms with E-state index in [0.29, 0.717) is 23.9 Å². The van der Waals surface area contributed by atoms with Crippen molar-refractivity contribution < 1.29 is 23.7 Å². The molecule has 1 aromatic carbocycles. The molecule has 2 atom stereocenters. The average molecular weight is 373 g/mol. The van der Waals surface area contributed by atoms with Gasteiger partial charge in [-0.05, 0) is 48.6 Å². The second kappa shape index (κ2) is 9.58. The van der Waals surface area contributed by atoms with Gasteiger partial charge >= 0.3 is 0 Å². The average Bonchev–Trinajstić information content (AvgIpc) is 3.19. The summed E-state index contributed by atoms with van der Waals surface area (Å²) in [7, 11) is 4.83. The highest BCUT2D eigenvalue weighted by atomic mass is 16.7. The van der Waals surface area contributed by atoms with Gasteiger partial charge in [0.05, 0.1) is 34.0 Å². The van der Waals surface area contributed by atoms with Crippen LogP contribution in [0.15, 0.2) is 36.7 Å². The summed E-state index contributed by atoms with van der Waals surface area (Å²) in [5, 5.41) is 0. The molecule has 6 nitrogen and oxygen atoms in total. The molecule has 0 bridgehead atoms. The molecular formula is C21H27NO5. The van der Waals surface area contributed by atoms with E-state index in [-0.39, 0.29) is 12.4 Å². The summed E-state index contributed by atoms with van der Waals surface area (Å²) >= 11 is 0. The van der Waals surface area contributed by atoms with Crippen molar-refractivity contribution in [2.75, 3.05) is 27.9 Å². The lowest BCUT2D eigenvalue weighted by atomic mass is 10.1. The molecule has 146 valence electrons. The Bertz CT molecular complexity index is 697. The van der Waals surface area contributed by atoms with Gasteiger partial charge in [-0.1, -0.05) is 6.07 Å².